The fourth-order valence-corrected chi connectivity index (χ4v) is 1.96. The van der Waals surface area contributed by atoms with Crippen molar-refractivity contribution >= 4 is 12.6 Å². The molecule has 0 radical (unpaired) electrons. The number of hydrogen-bond donors (Lipinski definition) is 1. The zero-order valence-corrected chi connectivity index (χ0v) is 11.2. The van der Waals surface area contributed by atoms with Crippen LogP contribution < -0.4 is 0 Å². The Morgan fingerprint density at radius 2 is 1.86 bits per heavy atom. The first kappa shape index (κ1) is 14.3. The van der Waals surface area contributed by atoms with Crippen molar-refractivity contribution in [2.45, 2.75) is 40.0 Å². The molecule has 0 aromatic rings. The second kappa shape index (κ2) is 8.60. The molecule has 0 rings (SSSR count). The van der Waals surface area contributed by atoms with Gasteiger partial charge >= 0.3 is 0 Å². The monoisotopic (exact) mass is 217 g/mol. The normalized spacial score (nSPS) is 13.9. The fraction of sp³-hybridized carbons (Fsp3) is 1.00. The molecule has 1 atom stereocenters. The summed E-state index contributed by atoms with van der Waals surface area (Å²) in [6, 6.07) is 0. The van der Waals surface area contributed by atoms with Gasteiger partial charge in [-0.2, -0.15) is 12.6 Å². The highest BCUT2D eigenvalue weighted by molar-refractivity contribution is 7.80. The van der Waals surface area contributed by atoms with E-state index in [0.717, 1.165) is 17.6 Å². The summed E-state index contributed by atoms with van der Waals surface area (Å²) in [7, 11) is 2.23. The molecule has 1 nitrogen and oxygen atoms in total. The highest BCUT2D eigenvalue weighted by atomic mass is 32.1. The molecule has 0 N–H and O–H groups in total. The van der Waals surface area contributed by atoms with E-state index in [1.165, 1.54) is 32.4 Å². The molecular formula is C12H27NS. The van der Waals surface area contributed by atoms with Gasteiger partial charge in [-0.3, -0.25) is 0 Å². The first-order valence-electron chi connectivity index (χ1n) is 5.89. The lowest BCUT2D eigenvalue weighted by Gasteiger charge is -2.23. The smallest absolute Gasteiger partial charge is 0.00144 e. The summed E-state index contributed by atoms with van der Waals surface area (Å²) in [6.07, 6.45) is 3.90. The molecule has 0 bridgehead atoms. The number of thiol groups is 1. The van der Waals surface area contributed by atoms with Gasteiger partial charge in [-0.1, -0.05) is 27.2 Å². The first-order valence-corrected chi connectivity index (χ1v) is 6.52. The van der Waals surface area contributed by atoms with Crippen LogP contribution in [0.3, 0.4) is 0 Å². The summed E-state index contributed by atoms with van der Waals surface area (Å²) in [5.74, 6) is 2.62. The average Bonchev–Trinajstić information content (AvgIpc) is 2.14. The minimum Gasteiger partial charge on any atom is -0.306 e. The van der Waals surface area contributed by atoms with Crippen molar-refractivity contribution in [2.24, 2.45) is 11.8 Å². The summed E-state index contributed by atoms with van der Waals surface area (Å²) < 4.78 is 0. The highest BCUT2D eigenvalue weighted by Crippen LogP contribution is 2.10. The summed E-state index contributed by atoms with van der Waals surface area (Å²) in [5.41, 5.74) is 0. The minimum atomic E-state index is 0.778. The van der Waals surface area contributed by atoms with Gasteiger partial charge in [0.05, 0.1) is 0 Å². The van der Waals surface area contributed by atoms with Crippen molar-refractivity contribution in [2.75, 3.05) is 25.9 Å². The molecule has 0 saturated heterocycles. The van der Waals surface area contributed by atoms with E-state index in [2.05, 4.69) is 45.3 Å². The molecule has 0 aromatic carbocycles. The van der Waals surface area contributed by atoms with Gasteiger partial charge in [0, 0.05) is 6.54 Å². The van der Waals surface area contributed by atoms with Gasteiger partial charge in [0.2, 0.25) is 0 Å². The Labute approximate surface area is 95.7 Å². The van der Waals surface area contributed by atoms with E-state index >= 15 is 0 Å². The molecule has 1 unspecified atom stereocenters. The maximum Gasteiger partial charge on any atom is 0.00144 e. The van der Waals surface area contributed by atoms with Crippen molar-refractivity contribution in [3.05, 3.63) is 0 Å². The highest BCUT2D eigenvalue weighted by Gasteiger charge is 2.09. The maximum atomic E-state index is 4.41. The van der Waals surface area contributed by atoms with Crippen LogP contribution in [0.1, 0.15) is 40.0 Å². The third kappa shape index (κ3) is 7.69. The summed E-state index contributed by atoms with van der Waals surface area (Å²) in [4.78, 5) is 2.45. The Kier molecular flexibility index (Phi) is 8.80. The lowest BCUT2D eigenvalue weighted by atomic mass is 10.0. The summed E-state index contributed by atoms with van der Waals surface area (Å²) >= 11 is 4.41. The molecule has 0 spiro atoms. The lowest BCUT2D eigenvalue weighted by molar-refractivity contribution is 0.265. The van der Waals surface area contributed by atoms with Crippen LogP contribution in [0.5, 0.6) is 0 Å². The van der Waals surface area contributed by atoms with Crippen LogP contribution >= 0.6 is 12.6 Å². The Morgan fingerprint density at radius 3 is 2.29 bits per heavy atom. The van der Waals surface area contributed by atoms with Gasteiger partial charge < -0.3 is 4.90 Å². The number of hydrogen-bond acceptors (Lipinski definition) is 2. The van der Waals surface area contributed by atoms with Gasteiger partial charge in [0.15, 0.2) is 0 Å². The topological polar surface area (TPSA) is 3.24 Å². The third-order valence-corrected chi connectivity index (χ3v) is 3.13. The Morgan fingerprint density at radius 1 is 1.21 bits per heavy atom. The maximum absolute atomic E-state index is 4.41. The van der Waals surface area contributed by atoms with E-state index in [1.807, 2.05) is 0 Å². The molecule has 0 amide bonds. The molecule has 0 heterocycles. The van der Waals surface area contributed by atoms with E-state index in [0.29, 0.717) is 0 Å². The lowest BCUT2D eigenvalue weighted by Crippen LogP contribution is -2.28. The van der Waals surface area contributed by atoms with Crippen LogP contribution in [0.25, 0.3) is 0 Å². The van der Waals surface area contributed by atoms with Gasteiger partial charge in [-0.05, 0) is 44.0 Å². The second-order valence-electron chi connectivity index (χ2n) is 4.78. The van der Waals surface area contributed by atoms with Crippen LogP contribution in [0, 0.1) is 11.8 Å². The number of nitrogens with zero attached hydrogens (tertiary/aromatic N) is 1. The average molecular weight is 217 g/mol. The zero-order chi connectivity index (χ0) is 11.0. The van der Waals surface area contributed by atoms with E-state index in [1.54, 1.807) is 0 Å². The summed E-state index contributed by atoms with van der Waals surface area (Å²) in [5, 5.41) is 0. The van der Waals surface area contributed by atoms with Crippen LogP contribution in [0.15, 0.2) is 0 Å². The van der Waals surface area contributed by atoms with Crippen molar-refractivity contribution in [1.82, 2.24) is 4.90 Å². The SMILES string of the molecule is CCCC(CS)CN(C)CCC(C)C. The molecule has 0 aliphatic rings. The molecule has 0 aliphatic heterocycles. The van der Waals surface area contributed by atoms with Gasteiger partial charge in [-0.25, -0.2) is 0 Å². The van der Waals surface area contributed by atoms with E-state index in [4.69, 9.17) is 0 Å². The molecule has 0 saturated carbocycles. The fourth-order valence-electron chi connectivity index (χ4n) is 1.66. The molecule has 2 heteroatoms. The van der Waals surface area contributed by atoms with Crippen LogP contribution in [-0.2, 0) is 0 Å². The van der Waals surface area contributed by atoms with E-state index < -0.39 is 0 Å². The molecular weight excluding hydrogens is 190 g/mol. The zero-order valence-electron chi connectivity index (χ0n) is 10.3. The van der Waals surface area contributed by atoms with Crippen LogP contribution in [0.2, 0.25) is 0 Å². The molecule has 0 fully saturated rings. The standard InChI is InChI=1S/C12H27NS/c1-5-6-12(10-14)9-13(4)8-7-11(2)3/h11-12,14H,5-10H2,1-4H3. The quantitative estimate of drug-likeness (QED) is 0.611. The van der Waals surface area contributed by atoms with Crippen molar-refractivity contribution < 1.29 is 0 Å². The third-order valence-electron chi connectivity index (χ3n) is 2.61. The van der Waals surface area contributed by atoms with Crippen molar-refractivity contribution in [1.29, 1.82) is 0 Å². The van der Waals surface area contributed by atoms with Crippen LogP contribution in [0.4, 0.5) is 0 Å². The Balaban J connectivity index is 3.61. The molecule has 0 aromatic heterocycles. The Hall–Kier alpha value is 0.310. The Bertz CT molecular complexity index is 125. The summed E-state index contributed by atoms with van der Waals surface area (Å²) in [6.45, 7) is 9.27. The van der Waals surface area contributed by atoms with Gasteiger partial charge in [-0.15, -0.1) is 0 Å². The molecule has 86 valence electrons. The molecule has 14 heavy (non-hydrogen) atoms. The van der Waals surface area contributed by atoms with Gasteiger partial charge in [0.25, 0.3) is 0 Å². The van der Waals surface area contributed by atoms with Gasteiger partial charge in [0.1, 0.15) is 0 Å². The predicted molar refractivity (Wildman–Crippen MR) is 69.2 cm³/mol. The van der Waals surface area contributed by atoms with Crippen molar-refractivity contribution in [3.8, 4) is 0 Å². The van der Waals surface area contributed by atoms with Crippen LogP contribution in [-0.4, -0.2) is 30.8 Å². The van der Waals surface area contributed by atoms with E-state index in [-0.39, 0.29) is 0 Å². The van der Waals surface area contributed by atoms with Crippen molar-refractivity contribution in [3.63, 3.8) is 0 Å². The van der Waals surface area contributed by atoms with E-state index in [9.17, 15) is 0 Å². The number of rotatable bonds is 8. The largest absolute Gasteiger partial charge is 0.306 e. The molecule has 0 aliphatic carbocycles. The first-order chi connectivity index (χ1) is 6.60. The predicted octanol–water partition coefficient (Wildman–Crippen LogP) is 3.31. The minimum absolute atomic E-state index is 0.778. The second-order valence-corrected chi connectivity index (χ2v) is 5.15.